The Hall–Kier alpha value is 0.270. The molecule has 0 saturated carbocycles. The van der Waals surface area contributed by atoms with E-state index in [1.807, 2.05) is 11.8 Å². The van der Waals surface area contributed by atoms with Crippen LogP contribution in [0, 0.1) is 11.3 Å². The molecular weight excluding hydrogens is 230 g/mol. The third-order valence-electron chi connectivity index (χ3n) is 3.84. The number of hydrogen-bond donors (Lipinski definition) is 1. The third kappa shape index (κ3) is 5.19. The van der Waals surface area contributed by atoms with Gasteiger partial charge in [-0.05, 0) is 56.2 Å². The zero-order valence-corrected chi connectivity index (χ0v) is 12.7. The Balaban J connectivity index is 2.48. The molecule has 0 aromatic rings. The molecule has 2 nitrogen and oxygen atoms in total. The van der Waals surface area contributed by atoms with E-state index >= 15 is 0 Å². The molecule has 1 aliphatic rings. The van der Waals surface area contributed by atoms with E-state index in [0.29, 0.717) is 17.0 Å². The lowest BCUT2D eigenvalue weighted by molar-refractivity contribution is -0.0554. The van der Waals surface area contributed by atoms with Crippen LogP contribution < -0.4 is 5.73 Å². The number of hydrogen-bond acceptors (Lipinski definition) is 3. The number of thioether (sulfide) groups is 1. The zero-order chi connectivity index (χ0) is 12.9. The summed E-state index contributed by atoms with van der Waals surface area (Å²) in [6.07, 6.45) is 8.57. The highest BCUT2D eigenvalue weighted by Crippen LogP contribution is 2.41. The maximum absolute atomic E-state index is 6.13. The van der Waals surface area contributed by atoms with Gasteiger partial charge in [0.2, 0.25) is 0 Å². The van der Waals surface area contributed by atoms with Gasteiger partial charge in [-0.1, -0.05) is 20.8 Å². The van der Waals surface area contributed by atoms with E-state index in [2.05, 4.69) is 27.0 Å². The van der Waals surface area contributed by atoms with Crippen LogP contribution in [0.3, 0.4) is 0 Å². The van der Waals surface area contributed by atoms with Gasteiger partial charge < -0.3 is 10.5 Å². The minimum absolute atomic E-state index is 0.399. The minimum atomic E-state index is 0.399. The van der Waals surface area contributed by atoms with Crippen LogP contribution in [-0.2, 0) is 4.74 Å². The molecule has 0 aliphatic carbocycles. The molecule has 3 atom stereocenters. The molecule has 1 rings (SSSR count). The van der Waals surface area contributed by atoms with Gasteiger partial charge in [-0.15, -0.1) is 11.8 Å². The van der Waals surface area contributed by atoms with E-state index in [1.54, 1.807) is 0 Å². The lowest BCUT2D eigenvalue weighted by Gasteiger charge is -2.41. The summed E-state index contributed by atoms with van der Waals surface area (Å²) in [5.41, 5.74) is 6.35. The van der Waals surface area contributed by atoms with Crippen molar-refractivity contribution in [2.45, 2.75) is 64.4 Å². The van der Waals surface area contributed by atoms with E-state index < -0.39 is 0 Å². The topological polar surface area (TPSA) is 35.2 Å². The van der Waals surface area contributed by atoms with Gasteiger partial charge in [-0.2, -0.15) is 0 Å². The second kappa shape index (κ2) is 7.01. The molecule has 3 heteroatoms. The van der Waals surface area contributed by atoms with Gasteiger partial charge in [-0.25, -0.2) is 0 Å². The van der Waals surface area contributed by atoms with Crippen molar-refractivity contribution in [1.82, 2.24) is 0 Å². The molecule has 102 valence electrons. The monoisotopic (exact) mass is 259 g/mol. The summed E-state index contributed by atoms with van der Waals surface area (Å²) >= 11 is 1.86. The SMILES string of the molecule is CSC1CC(C(C)(C)C)CC(CCCCN)O1. The summed E-state index contributed by atoms with van der Waals surface area (Å²) in [4.78, 5) is 0. The third-order valence-corrected chi connectivity index (χ3v) is 4.67. The molecule has 1 fully saturated rings. The molecular formula is C14H29NOS. The van der Waals surface area contributed by atoms with Crippen LogP contribution in [0.15, 0.2) is 0 Å². The number of nitrogens with two attached hydrogens (primary N) is 1. The highest BCUT2D eigenvalue weighted by molar-refractivity contribution is 7.99. The van der Waals surface area contributed by atoms with E-state index in [0.717, 1.165) is 18.9 Å². The van der Waals surface area contributed by atoms with Crippen LogP contribution in [0.4, 0.5) is 0 Å². The molecule has 0 aromatic carbocycles. The van der Waals surface area contributed by atoms with E-state index in [1.165, 1.54) is 25.7 Å². The Bertz CT molecular complexity index is 215. The van der Waals surface area contributed by atoms with Gasteiger partial charge in [0.05, 0.1) is 6.10 Å². The number of unbranched alkanes of at least 4 members (excludes halogenated alkanes) is 1. The van der Waals surface area contributed by atoms with Crippen molar-refractivity contribution in [3.63, 3.8) is 0 Å². The molecule has 17 heavy (non-hydrogen) atoms. The van der Waals surface area contributed by atoms with Gasteiger partial charge in [0, 0.05) is 0 Å². The van der Waals surface area contributed by atoms with Crippen LogP contribution in [0.1, 0.15) is 52.9 Å². The summed E-state index contributed by atoms with van der Waals surface area (Å²) in [7, 11) is 0. The highest BCUT2D eigenvalue weighted by atomic mass is 32.2. The molecule has 0 spiro atoms. The normalized spacial score (nSPS) is 30.5. The summed E-state index contributed by atoms with van der Waals surface area (Å²) in [6, 6.07) is 0. The van der Waals surface area contributed by atoms with Crippen molar-refractivity contribution in [1.29, 1.82) is 0 Å². The highest BCUT2D eigenvalue weighted by Gasteiger charge is 2.35. The second-order valence-corrected chi connectivity index (χ2v) is 7.24. The average Bonchev–Trinajstić information content (AvgIpc) is 2.28. The van der Waals surface area contributed by atoms with Gasteiger partial charge in [-0.3, -0.25) is 0 Å². The van der Waals surface area contributed by atoms with E-state index in [4.69, 9.17) is 10.5 Å². The smallest absolute Gasteiger partial charge is 0.103 e. The summed E-state index contributed by atoms with van der Waals surface area (Å²) in [6.45, 7) is 7.88. The predicted octanol–water partition coefficient (Wildman–Crippen LogP) is 3.65. The first-order valence-corrected chi connectivity index (χ1v) is 8.14. The Labute approximate surface area is 111 Å². The molecule has 3 unspecified atom stereocenters. The lowest BCUT2D eigenvalue weighted by atomic mass is 9.74. The first-order chi connectivity index (χ1) is 7.97. The first-order valence-electron chi connectivity index (χ1n) is 6.85. The lowest BCUT2D eigenvalue weighted by Crippen LogP contribution is -2.36. The molecule has 0 bridgehead atoms. The van der Waals surface area contributed by atoms with E-state index in [-0.39, 0.29) is 0 Å². The fraction of sp³-hybridized carbons (Fsp3) is 1.00. The minimum Gasteiger partial charge on any atom is -0.364 e. The number of ether oxygens (including phenoxy) is 1. The van der Waals surface area contributed by atoms with E-state index in [9.17, 15) is 0 Å². The Morgan fingerprint density at radius 3 is 2.47 bits per heavy atom. The zero-order valence-electron chi connectivity index (χ0n) is 11.9. The Morgan fingerprint density at radius 1 is 1.24 bits per heavy atom. The maximum Gasteiger partial charge on any atom is 0.103 e. The molecule has 0 amide bonds. The van der Waals surface area contributed by atoms with Gasteiger partial charge in [0.25, 0.3) is 0 Å². The van der Waals surface area contributed by atoms with Gasteiger partial charge in [0.15, 0.2) is 0 Å². The van der Waals surface area contributed by atoms with Crippen molar-refractivity contribution in [3.8, 4) is 0 Å². The molecule has 0 radical (unpaired) electrons. The van der Waals surface area contributed by atoms with Crippen molar-refractivity contribution in [3.05, 3.63) is 0 Å². The quantitative estimate of drug-likeness (QED) is 0.766. The standard InChI is InChI=1S/C14H29NOS/c1-14(2,3)11-9-12(7-5-6-8-15)16-13(10-11)17-4/h11-13H,5-10,15H2,1-4H3. The first kappa shape index (κ1) is 15.3. The summed E-state index contributed by atoms with van der Waals surface area (Å²) in [5, 5.41) is 0. The predicted molar refractivity (Wildman–Crippen MR) is 77.3 cm³/mol. The molecule has 1 saturated heterocycles. The van der Waals surface area contributed by atoms with Gasteiger partial charge in [0.1, 0.15) is 5.44 Å². The summed E-state index contributed by atoms with van der Waals surface area (Å²) < 4.78 is 6.13. The van der Waals surface area contributed by atoms with Crippen LogP contribution in [-0.4, -0.2) is 24.3 Å². The largest absolute Gasteiger partial charge is 0.364 e. The fourth-order valence-electron chi connectivity index (χ4n) is 2.53. The van der Waals surface area contributed by atoms with Crippen molar-refractivity contribution < 1.29 is 4.74 Å². The Kier molecular flexibility index (Phi) is 6.32. The van der Waals surface area contributed by atoms with Crippen molar-refractivity contribution in [2.75, 3.05) is 12.8 Å². The molecule has 1 heterocycles. The van der Waals surface area contributed by atoms with Crippen molar-refractivity contribution >= 4 is 11.8 Å². The van der Waals surface area contributed by atoms with Crippen LogP contribution in [0.5, 0.6) is 0 Å². The Morgan fingerprint density at radius 2 is 1.94 bits per heavy atom. The molecule has 0 aromatic heterocycles. The fourth-order valence-corrected chi connectivity index (χ4v) is 3.23. The number of rotatable bonds is 5. The molecule has 1 aliphatic heterocycles. The summed E-state index contributed by atoms with van der Waals surface area (Å²) in [5.74, 6) is 0.788. The second-order valence-electron chi connectivity index (χ2n) is 6.24. The molecule has 2 N–H and O–H groups in total. The van der Waals surface area contributed by atoms with Crippen LogP contribution >= 0.6 is 11.8 Å². The maximum atomic E-state index is 6.13. The van der Waals surface area contributed by atoms with Crippen LogP contribution in [0.2, 0.25) is 0 Å². The van der Waals surface area contributed by atoms with Crippen molar-refractivity contribution in [2.24, 2.45) is 17.1 Å². The van der Waals surface area contributed by atoms with Crippen LogP contribution in [0.25, 0.3) is 0 Å². The average molecular weight is 259 g/mol. The van der Waals surface area contributed by atoms with Gasteiger partial charge >= 0.3 is 0 Å².